The highest BCUT2D eigenvalue weighted by molar-refractivity contribution is 7.47. The van der Waals surface area contributed by atoms with E-state index in [1.165, 1.54) is 89.9 Å². The van der Waals surface area contributed by atoms with E-state index in [9.17, 15) is 19.0 Å². The minimum atomic E-state index is -4.41. The number of phosphoric ester groups is 1. The first-order valence-corrected chi connectivity index (χ1v) is 34.5. The number of phosphoric acid groups is 1. The second-order valence-electron chi connectivity index (χ2n) is 21.2. The van der Waals surface area contributed by atoms with Gasteiger partial charge in [-0.15, -0.1) is 0 Å². The van der Waals surface area contributed by atoms with Crippen molar-refractivity contribution in [3.05, 3.63) is 158 Å². The SMILES string of the molecule is CC/C=C\C/C=C\C/C=C\C/C=C\C/C=C\C/C=C\C/C=C\CCCCCCCCCCCCCCCC(=O)OC(COC(=O)CCCCCCCCCC/C=C\C/C=C\C/C=C\C/C=C\C/C=C\C/C=C\CC)COP(=O)(O)OCCN. The van der Waals surface area contributed by atoms with Gasteiger partial charge in [0, 0.05) is 19.4 Å². The summed E-state index contributed by atoms with van der Waals surface area (Å²) in [5.41, 5.74) is 5.40. The molecule has 10 heteroatoms. The van der Waals surface area contributed by atoms with Crippen LogP contribution in [0.3, 0.4) is 0 Å². The first kappa shape index (κ1) is 78.6. The number of hydrogen-bond acceptors (Lipinski definition) is 8. The Bertz CT molecular complexity index is 1920. The van der Waals surface area contributed by atoms with Crippen molar-refractivity contribution in [3.63, 3.8) is 0 Å². The van der Waals surface area contributed by atoms with E-state index in [1.54, 1.807) is 0 Å². The number of hydrogen-bond donors (Lipinski definition) is 2. The van der Waals surface area contributed by atoms with Crippen molar-refractivity contribution >= 4 is 19.8 Å². The molecule has 0 saturated heterocycles. The first-order valence-electron chi connectivity index (χ1n) is 33.0. The van der Waals surface area contributed by atoms with Gasteiger partial charge in [0.2, 0.25) is 0 Å². The van der Waals surface area contributed by atoms with Crippen molar-refractivity contribution in [2.45, 2.75) is 264 Å². The van der Waals surface area contributed by atoms with E-state index in [-0.39, 0.29) is 32.6 Å². The normalized spacial score (nSPS) is 14.0. The molecule has 9 nitrogen and oxygen atoms in total. The summed E-state index contributed by atoms with van der Waals surface area (Å²) in [5, 5.41) is 0. The maximum atomic E-state index is 12.8. The van der Waals surface area contributed by atoms with Gasteiger partial charge in [-0.1, -0.05) is 281 Å². The molecule has 0 aliphatic rings. The van der Waals surface area contributed by atoms with E-state index >= 15 is 0 Å². The quantitative estimate of drug-likeness (QED) is 0.0264. The molecular weight excluding hydrogens is 1050 g/mol. The molecule has 0 bridgehead atoms. The standard InChI is InChI=1S/C73H120NO8P/c1-3-5-7-9-11-13-15-17-19-21-23-25-27-29-31-32-33-34-35-36-37-38-40-42-44-46-48-50-52-54-56-58-60-62-64-66-73(76)82-71(70-81-83(77,78)80-68-67-74)69-79-72(75)65-63-61-59-57-55-53-51-49-47-45-43-41-39-30-28-26-24-22-20-18-16-14-12-10-8-6-4-2/h5-8,11-14,17-20,23-26,29-31,33-34,36-37,39,43,45,71H,3-4,9-10,15-16,21-22,27-28,32,35,38,40-42,44,46-70,74H2,1-2H3,(H,77,78)/b7-5-,8-6-,13-11-,14-12-,19-17-,20-18-,25-23-,26-24-,31-29-,34-33-,37-36-,39-30-,45-43-. The van der Waals surface area contributed by atoms with Crippen LogP contribution in [0.25, 0.3) is 0 Å². The summed E-state index contributed by atoms with van der Waals surface area (Å²) in [6.07, 6.45) is 97.4. The van der Waals surface area contributed by atoms with Gasteiger partial charge >= 0.3 is 19.8 Å². The Kier molecular flexibility index (Phi) is 63.3. The molecule has 470 valence electrons. The Morgan fingerprint density at radius 3 is 0.928 bits per heavy atom. The minimum Gasteiger partial charge on any atom is -0.462 e. The van der Waals surface area contributed by atoms with Crippen LogP contribution >= 0.6 is 7.82 Å². The van der Waals surface area contributed by atoms with Crippen LogP contribution in [0, 0.1) is 0 Å². The molecule has 0 heterocycles. The van der Waals surface area contributed by atoms with E-state index in [0.29, 0.717) is 12.8 Å². The second kappa shape index (κ2) is 66.8. The van der Waals surface area contributed by atoms with Crippen molar-refractivity contribution < 1.29 is 37.6 Å². The summed E-state index contributed by atoms with van der Waals surface area (Å²) in [5.74, 6) is -0.845. The number of ether oxygens (including phenoxy) is 2. The van der Waals surface area contributed by atoms with Gasteiger partial charge < -0.3 is 20.1 Å². The lowest BCUT2D eigenvalue weighted by molar-refractivity contribution is -0.161. The van der Waals surface area contributed by atoms with E-state index in [2.05, 4.69) is 172 Å². The molecular formula is C73H120NO8P. The molecule has 0 saturated carbocycles. The van der Waals surface area contributed by atoms with Crippen LogP contribution in [0.4, 0.5) is 0 Å². The predicted molar refractivity (Wildman–Crippen MR) is 357 cm³/mol. The third-order valence-corrected chi connectivity index (χ3v) is 14.4. The number of allylic oxidation sites excluding steroid dienone is 26. The highest BCUT2D eigenvalue weighted by Crippen LogP contribution is 2.43. The summed E-state index contributed by atoms with van der Waals surface area (Å²) < 4.78 is 33.1. The van der Waals surface area contributed by atoms with E-state index < -0.39 is 32.5 Å². The second-order valence-corrected chi connectivity index (χ2v) is 22.7. The number of esters is 2. The molecule has 0 spiro atoms. The van der Waals surface area contributed by atoms with Gasteiger partial charge in [0.15, 0.2) is 6.10 Å². The van der Waals surface area contributed by atoms with Gasteiger partial charge in [0.05, 0.1) is 13.2 Å². The van der Waals surface area contributed by atoms with Crippen LogP contribution in [0.5, 0.6) is 0 Å². The Morgan fingerprint density at radius 2 is 0.627 bits per heavy atom. The highest BCUT2D eigenvalue weighted by Gasteiger charge is 2.26. The molecule has 0 aliphatic heterocycles. The molecule has 2 atom stereocenters. The maximum absolute atomic E-state index is 12.8. The number of nitrogens with two attached hydrogens (primary N) is 1. The molecule has 2 unspecified atom stereocenters. The third kappa shape index (κ3) is 66.6. The summed E-state index contributed by atoms with van der Waals surface area (Å²) >= 11 is 0. The Balaban J connectivity index is 3.98. The van der Waals surface area contributed by atoms with Crippen molar-refractivity contribution in [2.24, 2.45) is 5.73 Å². The molecule has 0 aromatic carbocycles. The fourth-order valence-electron chi connectivity index (χ4n) is 8.62. The van der Waals surface area contributed by atoms with Crippen LogP contribution < -0.4 is 5.73 Å². The van der Waals surface area contributed by atoms with Gasteiger partial charge in [0.25, 0.3) is 0 Å². The zero-order valence-electron chi connectivity index (χ0n) is 52.6. The lowest BCUT2D eigenvalue weighted by atomic mass is 10.0. The lowest BCUT2D eigenvalue weighted by Gasteiger charge is -2.19. The van der Waals surface area contributed by atoms with Crippen LogP contribution in [-0.4, -0.2) is 49.3 Å². The van der Waals surface area contributed by atoms with Crippen LogP contribution in [-0.2, 0) is 32.7 Å². The molecule has 0 aromatic heterocycles. The smallest absolute Gasteiger partial charge is 0.462 e. The molecule has 0 aliphatic carbocycles. The van der Waals surface area contributed by atoms with E-state index in [0.717, 1.165) is 128 Å². The molecule has 3 N–H and O–H groups in total. The molecule has 0 rings (SSSR count). The number of carbonyl (C=O) groups excluding carboxylic acids is 2. The van der Waals surface area contributed by atoms with Crippen molar-refractivity contribution in [2.75, 3.05) is 26.4 Å². The zero-order chi connectivity index (χ0) is 60.1. The number of carbonyl (C=O) groups is 2. The lowest BCUT2D eigenvalue weighted by Crippen LogP contribution is -2.29. The summed E-state index contributed by atoms with van der Waals surface area (Å²) in [6.45, 7) is 3.50. The maximum Gasteiger partial charge on any atom is 0.472 e. The Hall–Kier alpha value is -4.37. The molecule has 0 amide bonds. The summed E-state index contributed by atoms with van der Waals surface area (Å²) in [7, 11) is -4.41. The monoisotopic (exact) mass is 1170 g/mol. The Morgan fingerprint density at radius 1 is 0.361 bits per heavy atom. The molecule has 0 aromatic rings. The summed E-state index contributed by atoms with van der Waals surface area (Å²) in [6, 6.07) is 0. The average molecular weight is 1170 g/mol. The fourth-order valence-corrected chi connectivity index (χ4v) is 9.39. The van der Waals surface area contributed by atoms with Gasteiger partial charge in [-0.2, -0.15) is 0 Å². The van der Waals surface area contributed by atoms with Crippen LogP contribution in [0.2, 0.25) is 0 Å². The Labute approximate surface area is 509 Å². The highest BCUT2D eigenvalue weighted by atomic mass is 31.2. The third-order valence-electron chi connectivity index (χ3n) is 13.4. The van der Waals surface area contributed by atoms with Gasteiger partial charge in [-0.05, 0) is 122 Å². The van der Waals surface area contributed by atoms with Gasteiger partial charge in [-0.25, -0.2) is 4.57 Å². The number of rotatable bonds is 60. The zero-order valence-corrected chi connectivity index (χ0v) is 53.5. The van der Waals surface area contributed by atoms with Crippen molar-refractivity contribution in [3.8, 4) is 0 Å². The molecule has 0 fully saturated rings. The van der Waals surface area contributed by atoms with Crippen molar-refractivity contribution in [1.82, 2.24) is 0 Å². The minimum absolute atomic E-state index is 0.0445. The predicted octanol–water partition coefficient (Wildman–Crippen LogP) is 21.6. The van der Waals surface area contributed by atoms with Gasteiger partial charge in [-0.3, -0.25) is 18.6 Å². The fraction of sp³-hybridized carbons (Fsp3) is 0.616. The largest absolute Gasteiger partial charge is 0.472 e. The van der Waals surface area contributed by atoms with Crippen LogP contribution in [0.15, 0.2) is 158 Å². The van der Waals surface area contributed by atoms with E-state index in [1.807, 2.05) is 0 Å². The molecule has 83 heavy (non-hydrogen) atoms. The van der Waals surface area contributed by atoms with Crippen LogP contribution in [0.1, 0.15) is 258 Å². The van der Waals surface area contributed by atoms with Gasteiger partial charge in [0.1, 0.15) is 6.61 Å². The topological polar surface area (TPSA) is 134 Å². The van der Waals surface area contributed by atoms with Crippen molar-refractivity contribution in [1.29, 1.82) is 0 Å². The molecule has 0 radical (unpaired) electrons. The van der Waals surface area contributed by atoms with E-state index in [4.69, 9.17) is 24.3 Å². The number of unbranched alkanes of at least 4 members (excludes halogenated alkanes) is 21. The first-order chi connectivity index (χ1) is 40.8. The average Bonchev–Trinajstić information content (AvgIpc) is 3.48. The summed E-state index contributed by atoms with van der Waals surface area (Å²) in [4.78, 5) is 35.3.